The predicted octanol–water partition coefficient (Wildman–Crippen LogP) is 7.31. The van der Waals surface area contributed by atoms with Crippen molar-refractivity contribution >= 4 is 17.5 Å². The van der Waals surface area contributed by atoms with E-state index in [1.54, 1.807) is 0 Å². The van der Waals surface area contributed by atoms with Crippen LogP contribution in [0.1, 0.15) is 65.1 Å². The molecule has 224 valence electrons. The molecule has 0 radical (unpaired) electrons. The molecule has 4 aromatic rings. The van der Waals surface area contributed by atoms with Gasteiger partial charge in [-0.3, -0.25) is 4.79 Å². The number of nitrogens with one attached hydrogen (secondary N) is 1. The number of nitrogens with zero attached hydrogens (tertiary/aromatic N) is 4. The summed E-state index contributed by atoms with van der Waals surface area (Å²) in [4.78, 5) is 18.5. The highest BCUT2D eigenvalue weighted by molar-refractivity contribution is 5.94. The number of hydrogen-bond donors (Lipinski definition) is 1. The van der Waals surface area contributed by atoms with Crippen LogP contribution < -0.4 is 10.2 Å². The van der Waals surface area contributed by atoms with Gasteiger partial charge in [0.15, 0.2) is 0 Å². The molecule has 0 saturated carbocycles. The molecule has 1 unspecified atom stereocenters. The fourth-order valence-corrected chi connectivity index (χ4v) is 6.04. The topological polar surface area (TPSA) is 63.1 Å². The highest BCUT2D eigenvalue weighted by atomic mass is 19.4. The normalized spacial score (nSPS) is 18.1. The van der Waals surface area contributed by atoms with Gasteiger partial charge < -0.3 is 10.2 Å². The van der Waals surface area contributed by atoms with Crippen molar-refractivity contribution in [3.8, 4) is 0 Å². The molecule has 1 atom stereocenters. The Kier molecular flexibility index (Phi) is 7.39. The van der Waals surface area contributed by atoms with Crippen molar-refractivity contribution in [2.75, 3.05) is 23.3 Å². The number of rotatable bonds is 5. The first-order chi connectivity index (χ1) is 20.5. The second-order valence-corrected chi connectivity index (χ2v) is 10.8. The van der Waals surface area contributed by atoms with Gasteiger partial charge in [-0.05, 0) is 36.1 Å². The first-order valence-corrected chi connectivity index (χ1v) is 13.9. The van der Waals surface area contributed by atoms with Crippen molar-refractivity contribution in [2.24, 2.45) is 0 Å². The van der Waals surface area contributed by atoms with Crippen LogP contribution in [0.15, 0.2) is 79.0 Å². The number of carbonyl (C=O) groups excluding carboxylic acids is 1. The van der Waals surface area contributed by atoms with E-state index in [4.69, 9.17) is 5.10 Å². The summed E-state index contributed by atoms with van der Waals surface area (Å²) in [6.07, 6.45) is -8.31. The quantitative estimate of drug-likeness (QED) is 0.245. The minimum atomic E-state index is -4.67. The van der Waals surface area contributed by atoms with Gasteiger partial charge in [-0.1, -0.05) is 60.7 Å². The van der Waals surface area contributed by atoms with Gasteiger partial charge in [0.25, 0.3) is 0 Å². The highest BCUT2D eigenvalue weighted by Crippen LogP contribution is 2.49. The number of piperidine rings is 1. The van der Waals surface area contributed by atoms with Gasteiger partial charge in [-0.25, -0.2) is 9.67 Å². The van der Waals surface area contributed by atoms with Gasteiger partial charge in [0.1, 0.15) is 17.7 Å². The number of carbonyl (C=O) groups is 1. The molecule has 0 spiro atoms. The molecular weight excluding hydrogens is 572 g/mol. The molecule has 2 aromatic carbocycles. The van der Waals surface area contributed by atoms with Crippen LogP contribution in [0.3, 0.4) is 0 Å². The smallest absolute Gasteiger partial charge is 0.357 e. The van der Waals surface area contributed by atoms with E-state index in [0.29, 0.717) is 31.7 Å². The zero-order valence-corrected chi connectivity index (χ0v) is 22.7. The Morgan fingerprint density at radius 2 is 1.44 bits per heavy atom. The molecule has 1 fully saturated rings. The van der Waals surface area contributed by atoms with Crippen LogP contribution in [0, 0.1) is 0 Å². The maximum atomic E-state index is 14.5. The second-order valence-electron chi connectivity index (χ2n) is 10.8. The van der Waals surface area contributed by atoms with Crippen LogP contribution in [-0.2, 0) is 11.0 Å². The molecule has 6 rings (SSSR count). The molecule has 1 saturated heterocycles. The molecule has 4 heterocycles. The third-order valence-corrected chi connectivity index (χ3v) is 8.12. The number of hydrogen-bond acceptors (Lipinski definition) is 4. The Morgan fingerprint density at radius 1 is 0.837 bits per heavy atom. The second kappa shape index (κ2) is 11.1. The molecule has 1 amide bonds. The third kappa shape index (κ3) is 5.70. The zero-order chi connectivity index (χ0) is 30.4. The summed E-state index contributed by atoms with van der Waals surface area (Å²) < 4.78 is 83.9. The lowest BCUT2D eigenvalue weighted by atomic mass is 9.84. The molecule has 0 aliphatic carbocycles. The van der Waals surface area contributed by atoms with Gasteiger partial charge in [0.2, 0.25) is 5.91 Å². The van der Waals surface area contributed by atoms with Crippen LogP contribution in [0.25, 0.3) is 0 Å². The monoisotopic (exact) mass is 599 g/mol. The Labute approximate surface area is 243 Å². The van der Waals surface area contributed by atoms with Crippen molar-refractivity contribution in [2.45, 2.75) is 49.5 Å². The van der Waals surface area contributed by atoms with Crippen LogP contribution in [0.2, 0.25) is 0 Å². The number of aromatic nitrogens is 3. The molecule has 43 heavy (non-hydrogen) atoms. The van der Waals surface area contributed by atoms with E-state index >= 15 is 0 Å². The predicted molar refractivity (Wildman–Crippen MR) is 148 cm³/mol. The molecular formula is C31H27F6N5O. The molecule has 2 aromatic heterocycles. The minimum absolute atomic E-state index is 0.0185. The maximum Gasteiger partial charge on any atom is 0.417 e. The van der Waals surface area contributed by atoms with E-state index in [0.717, 1.165) is 23.4 Å². The van der Waals surface area contributed by atoms with Crippen LogP contribution >= 0.6 is 0 Å². The number of pyridine rings is 1. The average molecular weight is 600 g/mol. The van der Waals surface area contributed by atoms with Crippen molar-refractivity contribution in [3.05, 3.63) is 107 Å². The Bertz CT molecular complexity index is 1540. The first kappa shape index (κ1) is 28.8. The van der Waals surface area contributed by atoms with Crippen molar-refractivity contribution < 1.29 is 31.1 Å². The van der Waals surface area contributed by atoms with E-state index < -0.39 is 42.2 Å². The van der Waals surface area contributed by atoms with Gasteiger partial charge in [-0.15, -0.1) is 0 Å². The maximum absolute atomic E-state index is 14.5. The largest absolute Gasteiger partial charge is 0.417 e. The first-order valence-electron chi connectivity index (χ1n) is 13.9. The molecule has 1 N–H and O–H groups in total. The number of fused-ring (bicyclic) bond motifs is 1. The van der Waals surface area contributed by atoms with E-state index in [1.165, 1.54) is 10.7 Å². The zero-order valence-electron chi connectivity index (χ0n) is 22.7. The lowest BCUT2D eigenvalue weighted by molar-refractivity contribution is -0.157. The molecule has 12 heteroatoms. The molecule has 2 aliphatic rings. The number of halogens is 6. The number of alkyl halides is 6. The van der Waals surface area contributed by atoms with E-state index in [2.05, 4.69) is 10.3 Å². The third-order valence-electron chi connectivity index (χ3n) is 8.12. The lowest BCUT2D eigenvalue weighted by Gasteiger charge is -2.33. The summed E-state index contributed by atoms with van der Waals surface area (Å²) >= 11 is 0. The number of anilines is 2. The average Bonchev–Trinajstić information content (AvgIpc) is 3.36. The summed E-state index contributed by atoms with van der Waals surface area (Å²) in [6, 6.07) is 20.2. The number of amides is 1. The Balaban J connectivity index is 1.39. The van der Waals surface area contributed by atoms with Crippen molar-refractivity contribution in [1.29, 1.82) is 0 Å². The molecule has 6 nitrogen and oxygen atoms in total. The summed E-state index contributed by atoms with van der Waals surface area (Å²) in [5.74, 6) is -2.70. The molecule has 0 bridgehead atoms. The van der Waals surface area contributed by atoms with Crippen LogP contribution in [0.4, 0.5) is 38.0 Å². The summed E-state index contributed by atoms with van der Waals surface area (Å²) in [5, 5.41) is 7.56. The number of benzene rings is 2. The van der Waals surface area contributed by atoms with Crippen LogP contribution in [-0.4, -0.2) is 39.9 Å². The van der Waals surface area contributed by atoms with Gasteiger partial charge >= 0.3 is 12.4 Å². The van der Waals surface area contributed by atoms with Crippen LogP contribution in [0.5, 0.6) is 0 Å². The summed E-state index contributed by atoms with van der Waals surface area (Å²) in [5.41, 5.74) is 0.994. The molecule has 2 aliphatic heterocycles. The van der Waals surface area contributed by atoms with Crippen molar-refractivity contribution in [1.82, 2.24) is 14.8 Å². The van der Waals surface area contributed by atoms with E-state index in [-0.39, 0.29) is 23.0 Å². The fourth-order valence-electron chi connectivity index (χ4n) is 6.04. The Hall–Kier alpha value is -4.35. The SMILES string of the molecule is O=C1CC(C(F)(F)F)c2c(C3CCN(c4ccc(C(F)(F)F)cn4)CC3)nn(C(c3ccccc3)c3ccccc3)c2N1. The lowest BCUT2D eigenvalue weighted by Crippen LogP contribution is -2.35. The van der Waals surface area contributed by atoms with Gasteiger partial charge in [0.05, 0.1) is 17.2 Å². The van der Waals surface area contributed by atoms with Gasteiger partial charge in [0, 0.05) is 37.2 Å². The van der Waals surface area contributed by atoms with E-state index in [9.17, 15) is 31.1 Å². The summed E-state index contributed by atoms with van der Waals surface area (Å²) in [7, 11) is 0. The van der Waals surface area contributed by atoms with Crippen molar-refractivity contribution in [3.63, 3.8) is 0 Å². The highest BCUT2D eigenvalue weighted by Gasteiger charge is 2.49. The fraction of sp³-hybridized carbons (Fsp3) is 0.323. The van der Waals surface area contributed by atoms with Gasteiger partial charge in [-0.2, -0.15) is 31.4 Å². The summed E-state index contributed by atoms with van der Waals surface area (Å²) in [6.45, 7) is 0.739. The minimum Gasteiger partial charge on any atom is -0.357 e. The standard InChI is InChI=1S/C31H27F6N5O/c32-30(33,34)22-11-12-24(38-18-22)41-15-13-19(14-16-41)27-26-23(31(35,36)37)17-25(43)39-29(26)42(40-27)28(20-7-3-1-4-8-20)21-9-5-2-6-10-21/h1-12,18-19,23,28H,13-17H2,(H,39,43). The van der Waals surface area contributed by atoms with E-state index in [1.807, 2.05) is 65.6 Å². The Morgan fingerprint density at radius 3 is 1.95 bits per heavy atom.